The molecule has 0 spiro atoms. The normalized spacial score (nSPS) is 35.5. The highest BCUT2D eigenvalue weighted by molar-refractivity contribution is 5.30. The molecule has 3 nitrogen and oxygen atoms in total. The van der Waals surface area contributed by atoms with Crippen LogP contribution in [0.3, 0.4) is 0 Å². The van der Waals surface area contributed by atoms with Crippen molar-refractivity contribution >= 4 is 0 Å². The van der Waals surface area contributed by atoms with Gasteiger partial charge in [-0.05, 0) is 74.2 Å². The van der Waals surface area contributed by atoms with Crippen LogP contribution in [0.5, 0.6) is 5.75 Å². The van der Waals surface area contributed by atoms with Crippen molar-refractivity contribution in [3.8, 4) is 5.75 Å². The summed E-state index contributed by atoms with van der Waals surface area (Å²) in [7, 11) is 0. The Hall–Kier alpha value is -1.06. The van der Waals surface area contributed by atoms with Gasteiger partial charge in [-0.25, -0.2) is 0 Å². The molecule has 1 aromatic carbocycles. The molecule has 3 heteroatoms. The quantitative estimate of drug-likeness (QED) is 0.901. The largest absolute Gasteiger partial charge is 0.488 e. The topological polar surface area (TPSA) is 41.5 Å². The van der Waals surface area contributed by atoms with E-state index >= 15 is 0 Å². The van der Waals surface area contributed by atoms with Crippen molar-refractivity contribution in [1.29, 1.82) is 0 Å². The van der Waals surface area contributed by atoms with Crippen molar-refractivity contribution in [1.82, 2.24) is 5.32 Å². The Labute approximate surface area is 133 Å². The first-order valence-corrected chi connectivity index (χ1v) is 8.95. The minimum Gasteiger partial charge on any atom is -0.488 e. The zero-order valence-electron chi connectivity index (χ0n) is 13.2. The van der Waals surface area contributed by atoms with Gasteiger partial charge in [0.2, 0.25) is 0 Å². The van der Waals surface area contributed by atoms with Crippen LogP contribution in [-0.4, -0.2) is 30.4 Å². The minimum atomic E-state index is -0.323. The molecule has 0 amide bonds. The van der Waals surface area contributed by atoms with E-state index in [0.717, 1.165) is 37.6 Å². The molecule has 3 fully saturated rings. The average Bonchev–Trinajstić information content (AvgIpc) is 3.19. The van der Waals surface area contributed by atoms with Gasteiger partial charge < -0.3 is 15.2 Å². The summed E-state index contributed by atoms with van der Waals surface area (Å²) < 4.78 is 6.12. The van der Waals surface area contributed by atoms with Crippen LogP contribution in [0.4, 0.5) is 0 Å². The van der Waals surface area contributed by atoms with E-state index in [-0.39, 0.29) is 12.2 Å². The first kappa shape index (κ1) is 14.5. The molecule has 0 bridgehead atoms. The van der Waals surface area contributed by atoms with Crippen LogP contribution in [0.1, 0.15) is 50.0 Å². The third-order valence-corrected chi connectivity index (χ3v) is 5.98. The maximum atomic E-state index is 10.4. The van der Waals surface area contributed by atoms with Crippen LogP contribution in [0.2, 0.25) is 0 Å². The van der Waals surface area contributed by atoms with Crippen LogP contribution in [-0.2, 0) is 0 Å². The summed E-state index contributed by atoms with van der Waals surface area (Å²) >= 11 is 0. The summed E-state index contributed by atoms with van der Waals surface area (Å²) in [6.07, 6.45) is 6.89. The molecule has 3 aliphatic rings. The lowest BCUT2D eigenvalue weighted by Gasteiger charge is -2.35. The van der Waals surface area contributed by atoms with Crippen LogP contribution in [0.15, 0.2) is 24.3 Å². The molecule has 120 valence electrons. The third-order valence-electron chi connectivity index (χ3n) is 5.98. The molecule has 4 atom stereocenters. The fourth-order valence-corrected chi connectivity index (χ4v) is 4.64. The molecule has 1 aromatic rings. The third kappa shape index (κ3) is 2.89. The van der Waals surface area contributed by atoms with E-state index in [1.807, 2.05) is 0 Å². The number of hydrogen-bond acceptors (Lipinski definition) is 3. The Bertz CT molecular complexity index is 495. The molecule has 0 unspecified atom stereocenters. The Kier molecular flexibility index (Phi) is 4.10. The number of nitrogens with one attached hydrogen (secondary N) is 1. The summed E-state index contributed by atoms with van der Waals surface area (Å²) in [5.74, 6) is 2.97. The van der Waals surface area contributed by atoms with Gasteiger partial charge in [-0.1, -0.05) is 25.0 Å². The van der Waals surface area contributed by atoms with Gasteiger partial charge in [0.25, 0.3) is 0 Å². The van der Waals surface area contributed by atoms with E-state index in [0.29, 0.717) is 11.8 Å². The van der Waals surface area contributed by atoms with Crippen molar-refractivity contribution in [3.63, 3.8) is 0 Å². The van der Waals surface area contributed by atoms with Crippen LogP contribution in [0, 0.1) is 11.8 Å². The highest BCUT2D eigenvalue weighted by atomic mass is 16.5. The number of benzene rings is 1. The highest BCUT2D eigenvalue weighted by Gasteiger charge is 2.39. The number of ether oxygens (including phenoxy) is 1. The summed E-state index contributed by atoms with van der Waals surface area (Å²) in [5, 5.41) is 13.8. The second-order valence-corrected chi connectivity index (χ2v) is 7.42. The first-order chi connectivity index (χ1) is 10.8. The van der Waals surface area contributed by atoms with E-state index in [1.165, 1.54) is 31.2 Å². The zero-order chi connectivity index (χ0) is 14.9. The Morgan fingerprint density at radius 1 is 0.955 bits per heavy atom. The van der Waals surface area contributed by atoms with E-state index < -0.39 is 0 Å². The lowest BCUT2D eigenvalue weighted by atomic mass is 9.78. The highest BCUT2D eigenvalue weighted by Crippen LogP contribution is 2.36. The van der Waals surface area contributed by atoms with Crippen LogP contribution >= 0.6 is 0 Å². The first-order valence-electron chi connectivity index (χ1n) is 8.95. The predicted molar refractivity (Wildman–Crippen MR) is 87.2 cm³/mol. The Balaban J connectivity index is 1.40. The van der Waals surface area contributed by atoms with Crippen molar-refractivity contribution < 1.29 is 9.84 Å². The fraction of sp³-hybridized carbons (Fsp3) is 0.684. The molecule has 22 heavy (non-hydrogen) atoms. The molecule has 2 aliphatic carbocycles. The van der Waals surface area contributed by atoms with E-state index in [9.17, 15) is 5.11 Å². The standard InChI is InChI=1S/C19H27NO2/c21-18-9-15-11-20-12-16(15)10-19(18)22-17-7-5-14(6-8-17)13-3-1-2-4-13/h5-8,13,15-16,18-21H,1-4,9-12H2/t15-,16+,18+,19+/m0/s1. The minimum absolute atomic E-state index is 0.0431. The van der Waals surface area contributed by atoms with Gasteiger partial charge in [0.05, 0.1) is 6.10 Å². The predicted octanol–water partition coefficient (Wildman–Crippen LogP) is 3.08. The molecule has 1 saturated heterocycles. The summed E-state index contributed by atoms with van der Waals surface area (Å²) in [6, 6.07) is 8.64. The van der Waals surface area contributed by atoms with Crippen molar-refractivity contribution in [3.05, 3.63) is 29.8 Å². The van der Waals surface area contributed by atoms with Gasteiger partial charge >= 0.3 is 0 Å². The summed E-state index contributed by atoms with van der Waals surface area (Å²) in [4.78, 5) is 0. The molecule has 2 saturated carbocycles. The molecule has 1 heterocycles. The Morgan fingerprint density at radius 2 is 1.64 bits per heavy atom. The van der Waals surface area contributed by atoms with Crippen LogP contribution < -0.4 is 10.1 Å². The summed E-state index contributed by atoms with van der Waals surface area (Å²) in [6.45, 7) is 2.14. The monoisotopic (exact) mass is 301 g/mol. The maximum Gasteiger partial charge on any atom is 0.125 e. The number of aliphatic hydroxyl groups is 1. The maximum absolute atomic E-state index is 10.4. The smallest absolute Gasteiger partial charge is 0.125 e. The van der Waals surface area contributed by atoms with E-state index in [1.54, 1.807) is 0 Å². The molecule has 0 aromatic heterocycles. The van der Waals surface area contributed by atoms with Crippen molar-refractivity contribution in [2.75, 3.05) is 13.1 Å². The molecule has 2 N–H and O–H groups in total. The number of rotatable bonds is 3. The molecular formula is C19H27NO2. The molecule has 1 aliphatic heterocycles. The lowest BCUT2D eigenvalue weighted by Crippen LogP contribution is -2.42. The molecule has 0 radical (unpaired) electrons. The van der Waals surface area contributed by atoms with Gasteiger partial charge in [0.15, 0.2) is 0 Å². The number of hydrogen-bond donors (Lipinski definition) is 2. The van der Waals surface area contributed by atoms with Gasteiger partial charge in [-0.15, -0.1) is 0 Å². The van der Waals surface area contributed by atoms with Crippen molar-refractivity contribution in [2.24, 2.45) is 11.8 Å². The van der Waals surface area contributed by atoms with E-state index in [2.05, 4.69) is 29.6 Å². The number of fused-ring (bicyclic) bond motifs is 1. The average molecular weight is 301 g/mol. The van der Waals surface area contributed by atoms with E-state index in [4.69, 9.17) is 4.74 Å². The SMILES string of the molecule is O[C@@H]1C[C@H]2CNC[C@H]2C[C@H]1Oc1ccc(C2CCCC2)cc1. The van der Waals surface area contributed by atoms with Gasteiger partial charge in [0.1, 0.15) is 11.9 Å². The number of aliphatic hydroxyl groups excluding tert-OH is 1. The fourth-order valence-electron chi connectivity index (χ4n) is 4.64. The summed E-state index contributed by atoms with van der Waals surface area (Å²) in [5.41, 5.74) is 1.45. The zero-order valence-corrected chi connectivity index (χ0v) is 13.2. The molecular weight excluding hydrogens is 274 g/mol. The Morgan fingerprint density at radius 3 is 2.36 bits per heavy atom. The van der Waals surface area contributed by atoms with Gasteiger partial charge in [-0.3, -0.25) is 0 Å². The lowest BCUT2D eigenvalue weighted by molar-refractivity contribution is -0.0231. The second-order valence-electron chi connectivity index (χ2n) is 7.42. The van der Waals surface area contributed by atoms with Gasteiger partial charge in [0, 0.05) is 0 Å². The van der Waals surface area contributed by atoms with Crippen molar-refractivity contribution in [2.45, 2.75) is 56.7 Å². The molecule has 4 rings (SSSR count). The van der Waals surface area contributed by atoms with Gasteiger partial charge in [-0.2, -0.15) is 0 Å². The second kappa shape index (κ2) is 6.21. The van der Waals surface area contributed by atoms with Crippen LogP contribution in [0.25, 0.3) is 0 Å².